The van der Waals surface area contributed by atoms with Crippen LogP contribution < -0.4 is 16.8 Å². The van der Waals surface area contributed by atoms with E-state index in [0.29, 0.717) is 28.3 Å². The molecular weight excluding hydrogens is 366 g/mol. The van der Waals surface area contributed by atoms with Crippen LogP contribution in [0.5, 0.6) is 0 Å². The van der Waals surface area contributed by atoms with Crippen molar-refractivity contribution in [3.05, 3.63) is 35.4 Å². The highest BCUT2D eigenvalue weighted by molar-refractivity contribution is 7.98. The van der Waals surface area contributed by atoms with Crippen LogP contribution in [0, 0.1) is 11.6 Å². The first-order valence-corrected chi connectivity index (χ1v) is 9.24. The predicted molar refractivity (Wildman–Crippen MR) is 97.7 cm³/mol. The molecule has 1 aromatic carbocycles. The van der Waals surface area contributed by atoms with E-state index in [2.05, 4.69) is 20.3 Å². The van der Waals surface area contributed by atoms with Gasteiger partial charge in [0.05, 0.1) is 0 Å². The zero-order chi connectivity index (χ0) is 18.0. The fraction of sp³-hybridized carbons (Fsp3) is 0.267. The minimum atomic E-state index is -0.874. The van der Waals surface area contributed by atoms with E-state index >= 15 is 0 Å². The number of nitrogens with zero attached hydrogens (tertiary/aromatic N) is 3. The molecule has 6 nitrogen and oxygen atoms in total. The summed E-state index contributed by atoms with van der Waals surface area (Å²) in [6, 6.07) is 4.08. The number of rotatable bonds is 6. The minimum absolute atomic E-state index is 0.0000573. The molecule has 5 N–H and O–H groups in total. The number of nitrogens with one attached hydrogen (secondary N) is 1. The van der Waals surface area contributed by atoms with Gasteiger partial charge in [-0.1, -0.05) is 35.2 Å². The van der Waals surface area contributed by atoms with Crippen LogP contribution in [0.2, 0.25) is 0 Å². The van der Waals surface area contributed by atoms with E-state index < -0.39 is 11.6 Å². The number of halogens is 2. The van der Waals surface area contributed by atoms with Crippen LogP contribution in [-0.4, -0.2) is 27.5 Å². The second-order valence-corrected chi connectivity index (χ2v) is 7.32. The number of fused-ring (bicyclic) bond motifs is 1. The highest BCUT2D eigenvalue weighted by atomic mass is 32.2. The molecule has 0 spiro atoms. The lowest BCUT2D eigenvalue weighted by Crippen LogP contribution is -2.25. The Morgan fingerprint density at radius 2 is 2.08 bits per heavy atom. The molecule has 3 rings (SSSR count). The summed E-state index contributed by atoms with van der Waals surface area (Å²) in [7, 11) is 0. The number of nitrogens with two attached hydrogens (primary N) is 2. The average molecular weight is 382 g/mol. The largest absolute Gasteiger partial charge is 0.375 e. The second kappa shape index (κ2) is 7.46. The smallest absolute Gasteiger partial charge is 0.191 e. The maximum atomic E-state index is 13.8. The molecule has 0 aliphatic rings. The summed E-state index contributed by atoms with van der Waals surface area (Å²) in [6.07, 6.45) is 0. The van der Waals surface area contributed by atoms with E-state index in [1.165, 1.54) is 35.2 Å². The molecule has 3 aromatic rings. The minimum Gasteiger partial charge on any atom is -0.375 e. The summed E-state index contributed by atoms with van der Waals surface area (Å²) in [5.41, 5.74) is 12.1. The van der Waals surface area contributed by atoms with Gasteiger partial charge in [0.1, 0.15) is 4.70 Å². The van der Waals surface area contributed by atoms with Crippen molar-refractivity contribution in [2.45, 2.75) is 23.9 Å². The first-order valence-electron chi connectivity index (χ1n) is 7.44. The molecule has 0 radical (unpaired) electrons. The number of thioether (sulfide) groups is 1. The molecule has 0 saturated heterocycles. The van der Waals surface area contributed by atoms with Gasteiger partial charge in [-0.25, -0.2) is 23.7 Å². The highest BCUT2D eigenvalue weighted by Crippen LogP contribution is 2.32. The molecule has 2 aromatic heterocycles. The van der Waals surface area contributed by atoms with Crippen LogP contribution in [0.25, 0.3) is 10.3 Å². The van der Waals surface area contributed by atoms with Gasteiger partial charge in [-0.05, 0) is 13.0 Å². The Hall–Kier alpha value is -2.04. The van der Waals surface area contributed by atoms with Crippen molar-refractivity contribution in [1.29, 1.82) is 0 Å². The van der Waals surface area contributed by atoms with Crippen molar-refractivity contribution >= 4 is 44.4 Å². The number of hydrogen-bond acceptors (Lipinski definition) is 8. The average Bonchev–Trinajstić information content (AvgIpc) is 2.96. The first-order chi connectivity index (χ1) is 12.0. The fourth-order valence-corrected chi connectivity index (χ4v) is 3.62. The molecule has 1 unspecified atom stereocenters. The van der Waals surface area contributed by atoms with Crippen LogP contribution >= 0.6 is 23.1 Å². The van der Waals surface area contributed by atoms with Crippen LogP contribution in [0.15, 0.2) is 23.4 Å². The quantitative estimate of drug-likeness (QED) is 0.445. The third-order valence-corrected chi connectivity index (χ3v) is 5.15. The Balaban J connectivity index is 1.89. The molecule has 1 atom stereocenters. The molecule has 0 saturated carbocycles. The summed E-state index contributed by atoms with van der Waals surface area (Å²) >= 11 is 2.47. The monoisotopic (exact) mass is 382 g/mol. The summed E-state index contributed by atoms with van der Waals surface area (Å²) in [6.45, 7) is 2.35. The van der Waals surface area contributed by atoms with Gasteiger partial charge in [-0.3, -0.25) is 0 Å². The fourth-order valence-electron chi connectivity index (χ4n) is 2.08. The van der Waals surface area contributed by atoms with E-state index in [4.69, 9.17) is 11.5 Å². The Bertz CT molecular complexity index is 901. The van der Waals surface area contributed by atoms with Gasteiger partial charge < -0.3 is 16.8 Å². The van der Waals surface area contributed by atoms with Gasteiger partial charge in [-0.2, -0.15) is 0 Å². The van der Waals surface area contributed by atoms with Crippen molar-refractivity contribution in [1.82, 2.24) is 15.0 Å². The number of thiazole rings is 1. The molecular formula is C15H16F2N6S2. The summed E-state index contributed by atoms with van der Waals surface area (Å²) < 4.78 is 27.8. The molecule has 0 aliphatic carbocycles. The van der Waals surface area contributed by atoms with Crippen molar-refractivity contribution in [2.24, 2.45) is 5.73 Å². The Morgan fingerprint density at radius 3 is 2.84 bits per heavy atom. The summed E-state index contributed by atoms with van der Waals surface area (Å²) in [4.78, 5) is 13.0. The first kappa shape index (κ1) is 17.8. The SMILES string of the molecule is CC(CN)Nc1nc(SCc2cccc(F)c2F)nc2nc(N)sc12. The third kappa shape index (κ3) is 3.97. The molecule has 2 heterocycles. The summed E-state index contributed by atoms with van der Waals surface area (Å²) in [5.74, 6) is -0.954. The van der Waals surface area contributed by atoms with E-state index in [1.54, 1.807) is 0 Å². The number of benzene rings is 1. The molecule has 132 valence electrons. The number of nitrogen functional groups attached to an aromatic ring is 1. The molecule has 25 heavy (non-hydrogen) atoms. The molecule has 0 aliphatic heterocycles. The lowest BCUT2D eigenvalue weighted by molar-refractivity contribution is 0.502. The van der Waals surface area contributed by atoms with Gasteiger partial charge >= 0.3 is 0 Å². The van der Waals surface area contributed by atoms with E-state index in [9.17, 15) is 8.78 Å². The van der Waals surface area contributed by atoms with Gasteiger partial charge in [0.15, 0.2) is 33.4 Å². The maximum Gasteiger partial charge on any atom is 0.191 e. The van der Waals surface area contributed by atoms with E-state index in [1.807, 2.05) is 6.92 Å². The summed E-state index contributed by atoms with van der Waals surface area (Å²) in [5, 5.41) is 3.98. The van der Waals surface area contributed by atoms with Gasteiger partial charge in [0.25, 0.3) is 0 Å². The predicted octanol–water partition coefficient (Wildman–Crippen LogP) is 3.00. The Kier molecular flexibility index (Phi) is 5.30. The van der Waals surface area contributed by atoms with E-state index in [-0.39, 0.29) is 17.4 Å². The lowest BCUT2D eigenvalue weighted by atomic mass is 10.2. The second-order valence-electron chi connectivity index (χ2n) is 5.34. The highest BCUT2D eigenvalue weighted by Gasteiger charge is 2.15. The third-order valence-electron chi connectivity index (χ3n) is 3.37. The number of aromatic nitrogens is 3. The van der Waals surface area contributed by atoms with Crippen LogP contribution in [0.3, 0.4) is 0 Å². The van der Waals surface area contributed by atoms with Gasteiger partial charge in [-0.15, -0.1) is 0 Å². The van der Waals surface area contributed by atoms with Crippen LogP contribution in [-0.2, 0) is 5.75 Å². The van der Waals surface area contributed by atoms with Crippen molar-refractivity contribution in [2.75, 3.05) is 17.6 Å². The number of hydrogen-bond donors (Lipinski definition) is 3. The van der Waals surface area contributed by atoms with Crippen molar-refractivity contribution in [3.63, 3.8) is 0 Å². The Morgan fingerprint density at radius 1 is 1.28 bits per heavy atom. The maximum absolute atomic E-state index is 13.8. The standard InChI is InChI=1S/C15H16F2N6S2/c1-7(5-18)20-12-11-13(21-14(19)25-11)23-15(22-12)24-6-8-3-2-4-9(16)10(8)17/h2-4,7H,5-6,18H2,1H3,(H3,19,20,21,22,23). The van der Waals surface area contributed by atoms with Crippen LogP contribution in [0.1, 0.15) is 12.5 Å². The Labute approximate surface area is 151 Å². The molecule has 0 amide bonds. The normalized spacial score (nSPS) is 12.5. The van der Waals surface area contributed by atoms with Gasteiger partial charge in [0.2, 0.25) is 0 Å². The van der Waals surface area contributed by atoms with Crippen LogP contribution in [0.4, 0.5) is 19.7 Å². The zero-order valence-electron chi connectivity index (χ0n) is 13.3. The zero-order valence-corrected chi connectivity index (χ0v) is 14.9. The van der Waals surface area contributed by atoms with E-state index in [0.717, 1.165) is 10.8 Å². The van der Waals surface area contributed by atoms with Gasteiger partial charge in [0, 0.05) is 23.9 Å². The molecule has 0 fully saturated rings. The topological polar surface area (TPSA) is 103 Å². The van der Waals surface area contributed by atoms with Crippen molar-refractivity contribution < 1.29 is 8.78 Å². The molecule has 0 bridgehead atoms. The lowest BCUT2D eigenvalue weighted by Gasteiger charge is -2.13. The number of anilines is 2. The molecule has 10 heteroatoms. The van der Waals surface area contributed by atoms with Crippen molar-refractivity contribution in [3.8, 4) is 0 Å².